The number of nitrogens with zero attached hydrogens (tertiary/aromatic N) is 2. The third kappa shape index (κ3) is 2.05. The van der Waals surface area contributed by atoms with E-state index in [-0.39, 0.29) is 11.2 Å². The molecule has 4 heteroatoms. The van der Waals surface area contributed by atoms with Gasteiger partial charge in [0.25, 0.3) is 0 Å². The van der Waals surface area contributed by atoms with Crippen LogP contribution in [0, 0.1) is 17.3 Å². The summed E-state index contributed by atoms with van der Waals surface area (Å²) < 4.78 is 1.83. The summed E-state index contributed by atoms with van der Waals surface area (Å²) in [4.78, 5) is 16.0. The smallest absolute Gasteiger partial charge is 0.372 e. The highest BCUT2D eigenvalue weighted by atomic mass is 16.4. The van der Waals surface area contributed by atoms with Crippen molar-refractivity contribution in [2.24, 2.45) is 17.3 Å². The summed E-state index contributed by atoms with van der Waals surface area (Å²) in [5, 5.41) is 9.56. The van der Waals surface area contributed by atoms with E-state index in [1.807, 2.05) is 28.8 Å². The Morgan fingerprint density at radius 2 is 2.05 bits per heavy atom. The quantitative estimate of drug-likeness (QED) is 0.920. The van der Waals surface area contributed by atoms with E-state index in [9.17, 15) is 9.90 Å². The molecule has 1 aromatic carbocycles. The lowest BCUT2D eigenvalue weighted by molar-refractivity contribution is 0.0681. The Labute approximate surface area is 130 Å². The van der Waals surface area contributed by atoms with Crippen LogP contribution in [0.5, 0.6) is 0 Å². The molecule has 1 aliphatic rings. The van der Waals surface area contributed by atoms with Gasteiger partial charge in [-0.25, -0.2) is 9.78 Å². The van der Waals surface area contributed by atoms with E-state index >= 15 is 0 Å². The van der Waals surface area contributed by atoms with Crippen LogP contribution in [-0.4, -0.2) is 20.6 Å². The number of carboxylic acids is 1. The summed E-state index contributed by atoms with van der Waals surface area (Å²) >= 11 is 0. The molecule has 1 unspecified atom stereocenters. The minimum absolute atomic E-state index is 0.0815. The predicted octanol–water partition coefficient (Wildman–Crippen LogP) is 4.28. The van der Waals surface area contributed by atoms with Crippen LogP contribution in [0.2, 0.25) is 0 Å². The third-order valence-electron chi connectivity index (χ3n) is 4.95. The number of fused-ring (bicyclic) bond motifs is 1. The Hall–Kier alpha value is -2.10. The molecule has 0 radical (unpaired) electrons. The summed E-state index contributed by atoms with van der Waals surface area (Å²) in [6, 6.07) is 7.61. The molecule has 0 bridgehead atoms. The molecular weight excluding hydrogens is 276 g/mol. The van der Waals surface area contributed by atoms with Gasteiger partial charge in [0.2, 0.25) is 5.82 Å². The summed E-state index contributed by atoms with van der Waals surface area (Å²) in [7, 11) is 0. The van der Waals surface area contributed by atoms with Crippen LogP contribution in [0.3, 0.4) is 0 Å². The zero-order valence-electron chi connectivity index (χ0n) is 13.5. The molecule has 1 heterocycles. The summed E-state index contributed by atoms with van der Waals surface area (Å²) in [6.07, 6.45) is 3.16. The molecule has 0 amide bonds. The fourth-order valence-corrected chi connectivity index (χ4v) is 3.88. The van der Waals surface area contributed by atoms with E-state index in [4.69, 9.17) is 0 Å². The highest BCUT2D eigenvalue weighted by Gasteiger charge is 2.41. The number of hydrogen-bond donors (Lipinski definition) is 1. The first-order valence-corrected chi connectivity index (χ1v) is 7.75. The van der Waals surface area contributed by atoms with Gasteiger partial charge >= 0.3 is 5.97 Å². The number of aromatic carboxylic acids is 1. The second kappa shape index (κ2) is 4.97. The molecule has 1 N–H and O–H groups in total. The second-order valence-corrected chi connectivity index (χ2v) is 6.96. The molecule has 0 spiro atoms. The van der Waals surface area contributed by atoms with Gasteiger partial charge in [0, 0.05) is 11.1 Å². The average Bonchev–Trinajstić information content (AvgIpc) is 2.95. The Morgan fingerprint density at radius 3 is 2.64 bits per heavy atom. The minimum Gasteiger partial charge on any atom is -0.475 e. The maximum atomic E-state index is 11.7. The van der Waals surface area contributed by atoms with Crippen molar-refractivity contribution >= 4 is 22.7 Å². The molecule has 0 aliphatic heterocycles. The van der Waals surface area contributed by atoms with Crippen LogP contribution < -0.4 is 0 Å². The van der Waals surface area contributed by atoms with Crippen LogP contribution >= 0.6 is 0 Å². The van der Waals surface area contributed by atoms with Crippen molar-refractivity contribution in [1.29, 1.82) is 0 Å². The van der Waals surface area contributed by atoms with Gasteiger partial charge in [-0.2, -0.15) is 0 Å². The fourth-order valence-electron chi connectivity index (χ4n) is 3.88. The number of carbonyl (C=O) groups is 1. The highest BCUT2D eigenvalue weighted by molar-refractivity contribution is 5.93. The van der Waals surface area contributed by atoms with Crippen molar-refractivity contribution in [2.45, 2.75) is 34.1 Å². The first-order valence-electron chi connectivity index (χ1n) is 7.75. The van der Waals surface area contributed by atoms with Crippen molar-refractivity contribution < 1.29 is 9.90 Å². The maximum Gasteiger partial charge on any atom is 0.372 e. The van der Waals surface area contributed by atoms with Gasteiger partial charge in [0.1, 0.15) is 0 Å². The predicted molar refractivity (Wildman–Crippen MR) is 87.7 cm³/mol. The number of aromatic nitrogens is 2. The number of carboxylic acid groups (broad SMARTS) is 1. The average molecular weight is 298 g/mol. The molecule has 2 aromatic rings. The normalized spacial score (nSPS) is 20.6. The number of rotatable bonds is 3. The Balaban J connectivity index is 2.22. The molecule has 116 valence electrons. The largest absolute Gasteiger partial charge is 0.475 e. The molecule has 0 saturated carbocycles. The topological polar surface area (TPSA) is 55.1 Å². The number of imidazole rings is 1. The molecule has 0 fully saturated rings. The zero-order chi connectivity index (χ0) is 16.1. The first-order chi connectivity index (χ1) is 10.3. The van der Waals surface area contributed by atoms with Gasteiger partial charge in [0.15, 0.2) is 0 Å². The summed E-state index contributed by atoms with van der Waals surface area (Å²) in [5.74, 6) is 0.169. The van der Waals surface area contributed by atoms with Crippen LogP contribution in [0.1, 0.15) is 44.7 Å². The van der Waals surface area contributed by atoms with Crippen LogP contribution in [0.25, 0.3) is 16.7 Å². The lowest BCUT2D eigenvalue weighted by Crippen LogP contribution is -2.28. The third-order valence-corrected chi connectivity index (χ3v) is 4.95. The van der Waals surface area contributed by atoms with E-state index < -0.39 is 5.97 Å². The molecule has 1 aliphatic carbocycles. The summed E-state index contributed by atoms with van der Waals surface area (Å²) in [6.45, 7) is 8.87. The van der Waals surface area contributed by atoms with Crippen molar-refractivity contribution in [1.82, 2.24) is 9.55 Å². The highest BCUT2D eigenvalue weighted by Crippen LogP contribution is 2.50. The van der Waals surface area contributed by atoms with Crippen molar-refractivity contribution in [2.75, 3.05) is 0 Å². The zero-order valence-corrected chi connectivity index (χ0v) is 13.5. The van der Waals surface area contributed by atoms with Gasteiger partial charge in [-0.3, -0.25) is 4.57 Å². The van der Waals surface area contributed by atoms with Crippen LogP contribution in [0.4, 0.5) is 0 Å². The Kier molecular flexibility index (Phi) is 3.35. The molecular formula is C18H22N2O2. The van der Waals surface area contributed by atoms with Crippen LogP contribution in [-0.2, 0) is 0 Å². The SMILES string of the molecule is CC(C)C1CC=C(n2c(C(=O)O)nc3ccccc32)C1(C)C. The molecule has 0 saturated heterocycles. The number of allylic oxidation sites excluding steroid dienone is 2. The second-order valence-electron chi connectivity index (χ2n) is 6.96. The monoisotopic (exact) mass is 298 g/mol. The first kappa shape index (κ1) is 14.8. The Bertz CT molecular complexity index is 768. The van der Waals surface area contributed by atoms with E-state index in [0.717, 1.165) is 23.2 Å². The van der Waals surface area contributed by atoms with E-state index in [0.29, 0.717) is 11.8 Å². The van der Waals surface area contributed by atoms with Gasteiger partial charge in [-0.15, -0.1) is 0 Å². The number of benzene rings is 1. The Morgan fingerprint density at radius 1 is 1.36 bits per heavy atom. The maximum absolute atomic E-state index is 11.7. The molecule has 1 aromatic heterocycles. The van der Waals surface area contributed by atoms with Gasteiger partial charge in [-0.1, -0.05) is 45.9 Å². The van der Waals surface area contributed by atoms with Crippen molar-refractivity contribution in [3.05, 3.63) is 36.2 Å². The molecule has 1 atom stereocenters. The van der Waals surface area contributed by atoms with E-state index in [2.05, 4.69) is 38.8 Å². The summed E-state index contributed by atoms with van der Waals surface area (Å²) in [5.41, 5.74) is 2.56. The van der Waals surface area contributed by atoms with Gasteiger partial charge < -0.3 is 5.11 Å². The lowest BCUT2D eigenvalue weighted by atomic mass is 9.74. The molecule has 3 rings (SSSR count). The molecule has 22 heavy (non-hydrogen) atoms. The van der Waals surface area contributed by atoms with E-state index in [1.54, 1.807) is 0 Å². The lowest BCUT2D eigenvalue weighted by Gasteiger charge is -2.34. The minimum atomic E-state index is -0.985. The molecule has 4 nitrogen and oxygen atoms in total. The number of hydrogen-bond acceptors (Lipinski definition) is 2. The number of para-hydroxylation sites is 2. The van der Waals surface area contributed by atoms with E-state index in [1.165, 1.54) is 0 Å². The van der Waals surface area contributed by atoms with Gasteiger partial charge in [-0.05, 0) is 30.4 Å². The van der Waals surface area contributed by atoms with Crippen molar-refractivity contribution in [3.8, 4) is 0 Å². The fraction of sp³-hybridized carbons (Fsp3) is 0.444. The van der Waals surface area contributed by atoms with Crippen LogP contribution in [0.15, 0.2) is 30.3 Å². The van der Waals surface area contributed by atoms with Gasteiger partial charge in [0.05, 0.1) is 11.0 Å². The standard InChI is InChI=1S/C18H22N2O2/c1-11(2)12-9-10-15(18(12,3)4)20-14-8-6-5-7-13(14)19-16(20)17(21)22/h5-8,10-12H,9H2,1-4H3,(H,21,22). The van der Waals surface area contributed by atoms with Crippen molar-refractivity contribution in [3.63, 3.8) is 0 Å².